The number of benzene rings is 2. The first-order valence-corrected chi connectivity index (χ1v) is 11.9. The Labute approximate surface area is 223 Å². The first-order chi connectivity index (χ1) is 13.9. The zero-order valence-corrected chi connectivity index (χ0v) is 22.0. The molecule has 5 nitrogen and oxygen atoms in total. The van der Waals surface area contributed by atoms with Gasteiger partial charge in [-0.2, -0.15) is 8.42 Å². The van der Waals surface area contributed by atoms with Gasteiger partial charge < -0.3 is 9.84 Å². The van der Waals surface area contributed by atoms with Crippen molar-refractivity contribution in [1.29, 1.82) is 0 Å². The maximum Gasteiger partial charge on any atom is 1.00 e. The fraction of sp³-hybridized carbons (Fsp3) is 0.478. The average Bonchev–Trinajstić information content (AvgIpc) is 2.66. The summed E-state index contributed by atoms with van der Waals surface area (Å²) in [7, 11) is -4.43. The molecule has 0 aliphatic rings. The monoisotopic (exact) mass is 458 g/mol. The van der Waals surface area contributed by atoms with Crippen molar-refractivity contribution in [2.24, 2.45) is 0 Å². The summed E-state index contributed by atoms with van der Waals surface area (Å²) < 4.78 is 38.4. The second-order valence-corrected chi connectivity index (χ2v) is 8.80. The van der Waals surface area contributed by atoms with Crippen LogP contribution in [0.25, 0.3) is 0 Å². The molecule has 2 rings (SSSR count). The van der Waals surface area contributed by atoms with E-state index in [1.807, 2.05) is 0 Å². The van der Waals surface area contributed by atoms with E-state index in [0.29, 0.717) is 0 Å². The Morgan fingerprint density at radius 2 is 1.53 bits per heavy atom. The number of hydrogen-bond donors (Lipinski definition) is 1. The van der Waals surface area contributed by atoms with Crippen LogP contribution in [0.2, 0.25) is 0 Å². The van der Waals surface area contributed by atoms with Crippen LogP contribution in [0.15, 0.2) is 47.4 Å². The molecule has 0 atom stereocenters. The smallest absolute Gasteiger partial charge is 0.872 e. The number of ether oxygens (including phenoxy) is 1. The molecule has 0 radical (unpaired) electrons. The molecule has 7 heteroatoms. The van der Waals surface area contributed by atoms with Gasteiger partial charge >= 0.3 is 51.4 Å². The molecule has 0 aliphatic heterocycles. The summed E-state index contributed by atoms with van der Waals surface area (Å²) in [4.78, 5) is -0.301. The molecular formula is C23H31KO5S. The van der Waals surface area contributed by atoms with Crippen molar-refractivity contribution in [3.05, 3.63) is 48.0 Å². The minimum absolute atomic E-state index is 0. The third-order valence-corrected chi connectivity index (χ3v) is 5.78. The van der Waals surface area contributed by atoms with Gasteiger partial charge in [0.05, 0.1) is 0 Å². The molecule has 0 saturated carbocycles. The standard InChI is InChI=1S/C23H32O5S.K/c1-2-3-4-5-6-7-8-9-10-12-19-15-16-23(29(25,26)27)22(17-19)28-21-14-11-13-20(24)18-21;/h11,13-18,24H,2-10,12H2,1H3,(H,25,26,27);/q;+1/p-1. The minimum atomic E-state index is -4.43. The van der Waals surface area contributed by atoms with Gasteiger partial charge in [0.15, 0.2) is 0 Å². The van der Waals surface area contributed by atoms with Gasteiger partial charge in [0.1, 0.15) is 16.4 Å². The van der Waals surface area contributed by atoms with Gasteiger partial charge in [-0.3, -0.25) is 4.55 Å². The fourth-order valence-electron chi connectivity index (χ4n) is 3.31. The van der Waals surface area contributed by atoms with Gasteiger partial charge in [0, 0.05) is 0 Å². The molecule has 0 spiro atoms. The van der Waals surface area contributed by atoms with Crippen LogP contribution in [0.3, 0.4) is 0 Å². The minimum Gasteiger partial charge on any atom is -0.872 e. The van der Waals surface area contributed by atoms with Crippen LogP contribution in [0.4, 0.5) is 0 Å². The van der Waals surface area contributed by atoms with Crippen molar-refractivity contribution in [2.75, 3.05) is 0 Å². The quantitative estimate of drug-likeness (QED) is 0.283. The van der Waals surface area contributed by atoms with Gasteiger partial charge in [-0.1, -0.05) is 76.5 Å². The Morgan fingerprint density at radius 1 is 0.900 bits per heavy atom. The van der Waals surface area contributed by atoms with E-state index < -0.39 is 10.1 Å². The molecule has 0 saturated heterocycles. The van der Waals surface area contributed by atoms with E-state index >= 15 is 0 Å². The molecular weight excluding hydrogens is 427 g/mol. The average molecular weight is 459 g/mol. The molecule has 0 aromatic heterocycles. The molecule has 30 heavy (non-hydrogen) atoms. The van der Waals surface area contributed by atoms with E-state index in [2.05, 4.69) is 6.92 Å². The number of hydrogen-bond acceptors (Lipinski definition) is 4. The van der Waals surface area contributed by atoms with Crippen molar-refractivity contribution in [3.63, 3.8) is 0 Å². The zero-order valence-electron chi connectivity index (χ0n) is 18.1. The summed E-state index contributed by atoms with van der Waals surface area (Å²) >= 11 is 0. The Hall–Kier alpha value is -0.414. The molecule has 0 heterocycles. The predicted molar refractivity (Wildman–Crippen MR) is 113 cm³/mol. The molecule has 2 aromatic carbocycles. The third-order valence-electron chi connectivity index (χ3n) is 4.89. The van der Waals surface area contributed by atoms with E-state index in [9.17, 15) is 18.1 Å². The SMILES string of the molecule is CCCCCCCCCCCc1ccc(S(=O)(=O)O)c(Oc2cccc([O-])c2)c1.[K+]. The van der Waals surface area contributed by atoms with Crippen molar-refractivity contribution >= 4 is 10.1 Å². The van der Waals surface area contributed by atoms with Gasteiger partial charge in [-0.15, -0.1) is 5.75 Å². The Bertz CT molecular complexity index is 868. The van der Waals surface area contributed by atoms with Crippen molar-refractivity contribution < 1.29 is 74.2 Å². The van der Waals surface area contributed by atoms with E-state index in [4.69, 9.17) is 4.74 Å². The predicted octanol–water partition coefficient (Wildman–Crippen LogP) is 2.88. The van der Waals surface area contributed by atoms with Gasteiger partial charge in [0.2, 0.25) is 0 Å². The van der Waals surface area contributed by atoms with E-state index in [1.54, 1.807) is 18.2 Å². The second-order valence-electron chi connectivity index (χ2n) is 7.41. The van der Waals surface area contributed by atoms with Crippen LogP contribution in [0.5, 0.6) is 17.2 Å². The topological polar surface area (TPSA) is 86.7 Å². The molecule has 160 valence electrons. The molecule has 2 aromatic rings. The Balaban J connectivity index is 0.00000450. The number of aryl methyl sites for hydroxylation is 1. The maximum absolute atomic E-state index is 11.7. The van der Waals surface area contributed by atoms with E-state index in [-0.39, 0.29) is 73.5 Å². The summed E-state index contributed by atoms with van der Waals surface area (Å²) in [5, 5.41) is 11.5. The second kappa shape index (κ2) is 14.6. The number of unbranched alkanes of at least 4 members (excludes halogenated alkanes) is 8. The van der Waals surface area contributed by atoms with Crippen molar-refractivity contribution in [1.82, 2.24) is 0 Å². The van der Waals surface area contributed by atoms with Crippen LogP contribution >= 0.6 is 0 Å². The molecule has 0 fully saturated rings. The normalized spacial score (nSPS) is 11.1. The summed E-state index contributed by atoms with van der Waals surface area (Å²) in [6.07, 6.45) is 11.9. The van der Waals surface area contributed by atoms with Gasteiger partial charge in [-0.05, 0) is 42.7 Å². The van der Waals surface area contributed by atoms with E-state index in [1.165, 1.54) is 69.2 Å². The zero-order chi connectivity index (χ0) is 21.1. The van der Waals surface area contributed by atoms with Gasteiger partial charge in [0.25, 0.3) is 10.1 Å². The largest absolute Gasteiger partial charge is 1.00 e. The number of rotatable bonds is 13. The summed E-state index contributed by atoms with van der Waals surface area (Å²) in [5.74, 6) is 0.0379. The molecule has 1 N–H and O–H groups in total. The third kappa shape index (κ3) is 10.3. The maximum atomic E-state index is 11.7. The van der Waals surface area contributed by atoms with Crippen LogP contribution in [-0.4, -0.2) is 13.0 Å². The van der Waals surface area contributed by atoms with Crippen molar-refractivity contribution in [2.45, 2.75) is 76.0 Å². The molecule has 0 amide bonds. The van der Waals surface area contributed by atoms with Crippen molar-refractivity contribution in [3.8, 4) is 17.2 Å². The summed E-state index contributed by atoms with van der Waals surface area (Å²) in [6, 6.07) is 10.5. The molecule has 0 unspecified atom stereocenters. The Kier molecular flexibility index (Phi) is 13.5. The van der Waals surface area contributed by atoms with Crippen LogP contribution in [-0.2, 0) is 16.5 Å². The molecule has 0 bridgehead atoms. The molecule has 0 aliphatic carbocycles. The summed E-state index contributed by atoms with van der Waals surface area (Å²) in [6.45, 7) is 2.22. The van der Waals surface area contributed by atoms with Crippen LogP contribution in [0, 0.1) is 0 Å². The summed E-state index contributed by atoms with van der Waals surface area (Å²) in [5.41, 5.74) is 0.939. The Morgan fingerprint density at radius 3 is 2.13 bits per heavy atom. The van der Waals surface area contributed by atoms with Crippen LogP contribution < -0.4 is 61.2 Å². The first-order valence-electron chi connectivity index (χ1n) is 10.5. The van der Waals surface area contributed by atoms with E-state index in [0.717, 1.165) is 24.8 Å². The van der Waals surface area contributed by atoms with Gasteiger partial charge in [-0.25, -0.2) is 0 Å². The van der Waals surface area contributed by atoms with Crippen LogP contribution in [0.1, 0.15) is 70.3 Å². The first kappa shape index (κ1) is 27.6. The fourth-order valence-corrected chi connectivity index (χ4v) is 3.90.